The Balaban J connectivity index is 2.30. The van der Waals surface area contributed by atoms with Crippen molar-refractivity contribution >= 4 is 23.4 Å². The van der Waals surface area contributed by atoms with E-state index in [-0.39, 0.29) is 6.61 Å². The van der Waals surface area contributed by atoms with Crippen LogP contribution in [-0.4, -0.2) is 29.8 Å². The first-order chi connectivity index (χ1) is 11.5. The van der Waals surface area contributed by atoms with Crippen molar-refractivity contribution in [3.05, 3.63) is 47.8 Å². The van der Waals surface area contributed by atoms with Gasteiger partial charge in [-0.05, 0) is 19.1 Å². The highest BCUT2D eigenvalue weighted by molar-refractivity contribution is 6.31. The number of amides is 1. The van der Waals surface area contributed by atoms with E-state index in [0.717, 1.165) is 0 Å². The number of hydrogen-bond acceptors (Lipinski definition) is 6. The van der Waals surface area contributed by atoms with Gasteiger partial charge in [-0.25, -0.2) is 20.2 Å². The van der Waals surface area contributed by atoms with Crippen molar-refractivity contribution in [1.29, 1.82) is 0 Å². The molecule has 0 aliphatic carbocycles. The van der Waals surface area contributed by atoms with Crippen molar-refractivity contribution in [2.75, 3.05) is 13.7 Å². The summed E-state index contributed by atoms with van der Waals surface area (Å²) in [7, 11) is 1.52. The molecule has 0 saturated heterocycles. The van der Waals surface area contributed by atoms with Gasteiger partial charge in [-0.15, -0.1) is 0 Å². The molecule has 2 aromatic rings. The molecule has 0 radical (unpaired) electrons. The Hall–Kier alpha value is -2.80. The SMILES string of the molecule is C=C(NNC(=O)OCC)c1ccc(Cl)cc1-c1cc(OC)ncn1. The van der Waals surface area contributed by atoms with Gasteiger partial charge in [0.1, 0.15) is 6.33 Å². The molecule has 0 spiro atoms. The van der Waals surface area contributed by atoms with Gasteiger partial charge in [-0.3, -0.25) is 5.43 Å². The molecule has 24 heavy (non-hydrogen) atoms. The number of hydrogen-bond donors (Lipinski definition) is 2. The van der Waals surface area contributed by atoms with Gasteiger partial charge >= 0.3 is 6.09 Å². The van der Waals surface area contributed by atoms with Gasteiger partial charge in [-0.1, -0.05) is 24.2 Å². The molecule has 1 amide bonds. The van der Waals surface area contributed by atoms with Gasteiger partial charge in [-0.2, -0.15) is 0 Å². The van der Waals surface area contributed by atoms with Crippen molar-refractivity contribution in [1.82, 2.24) is 20.8 Å². The van der Waals surface area contributed by atoms with Gasteiger partial charge in [0, 0.05) is 22.2 Å². The average molecular weight is 349 g/mol. The van der Waals surface area contributed by atoms with Crippen LogP contribution in [-0.2, 0) is 4.74 Å². The Morgan fingerprint density at radius 1 is 1.29 bits per heavy atom. The summed E-state index contributed by atoms with van der Waals surface area (Å²) in [4.78, 5) is 19.6. The first-order valence-corrected chi connectivity index (χ1v) is 7.47. The van der Waals surface area contributed by atoms with E-state index in [1.807, 2.05) is 0 Å². The molecular weight excluding hydrogens is 332 g/mol. The lowest BCUT2D eigenvalue weighted by atomic mass is 10.0. The predicted octanol–water partition coefficient (Wildman–Crippen LogP) is 3.03. The number of rotatable bonds is 6. The Bertz CT molecular complexity index is 752. The number of ether oxygens (including phenoxy) is 2. The summed E-state index contributed by atoms with van der Waals surface area (Å²) >= 11 is 6.10. The van der Waals surface area contributed by atoms with Crippen molar-refractivity contribution in [2.45, 2.75) is 6.92 Å². The number of aromatic nitrogens is 2. The van der Waals surface area contributed by atoms with E-state index in [1.54, 1.807) is 31.2 Å². The summed E-state index contributed by atoms with van der Waals surface area (Å²) in [6.45, 7) is 5.90. The Morgan fingerprint density at radius 2 is 2.08 bits per heavy atom. The fourth-order valence-corrected chi connectivity index (χ4v) is 2.12. The molecule has 2 rings (SSSR count). The first-order valence-electron chi connectivity index (χ1n) is 7.09. The maximum atomic E-state index is 11.4. The van der Waals surface area contributed by atoms with E-state index in [2.05, 4.69) is 27.4 Å². The van der Waals surface area contributed by atoms with E-state index in [0.29, 0.717) is 33.4 Å². The molecule has 126 valence electrons. The second-order valence-electron chi connectivity index (χ2n) is 4.58. The molecule has 0 atom stereocenters. The average Bonchev–Trinajstić information content (AvgIpc) is 2.60. The molecule has 0 aliphatic rings. The third-order valence-electron chi connectivity index (χ3n) is 3.02. The summed E-state index contributed by atoms with van der Waals surface area (Å²) in [5.74, 6) is 0.425. The number of halogens is 1. The number of methoxy groups -OCH3 is 1. The van der Waals surface area contributed by atoms with Crippen LogP contribution in [0.2, 0.25) is 5.02 Å². The predicted molar refractivity (Wildman–Crippen MR) is 91.4 cm³/mol. The summed E-state index contributed by atoms with van der Waals surface area (Å²) in [5.41, 5.74) is 7.58. The lowest BCUT2D eigenvalue weighted by Gasteiger charge is -2.15. The lowest BCUT2D eigenvalue weighted by Crippen LogP contribution is -2.36. The third-order valence-corrected chi connectivity index (χ3v) is 3.26. The fraction of sp³-hybridized carbons (Fsp3) is 0.188. The molecule has 8 heteroatoms. The molecule has 1 heterocycles. The van der Waals surface area contributed by atoms with E-state index < -0.39 is 6.09 Å². The zero-order valence-corrected chi connectivity index (χ0v) is 14.1. The van der Waals surface area contributed by atoms with E-state index in [4.69, 9.17) is 21.1 Å². The van der Waals surface area contributed by atoms with Crippen molar-refractivity contribution in [3.8, 4) is 17.1 Å². The molecule has 7 nitrogen and oxygen atoms in total. The number of carbonyl (C=O) groups excluding carboxylic acids is 1. The molecule has 0 saturated carbocycles. The molecule has 0 unspecified atom stereocenters. The van der Waals surface area contributed by atoms with Gasteiger partial charge in [0.15, 0.2) is 0 Å². The number of nitrogens with zero attached hydrogens (tertiary/aromatic N) is 2. The maximum Gasteiger partial charge on any atom is 0.425 e. The minimum atomic E-state index is -0.599. The van der Waals surface area contributed by atoms with Crippen molar-refractivity contribution in [2.24, 2.45) is 0 Å². The van der Waals surface area contributed by atoms with Crippen LogP contribution < -0.4 is 15.6 Å². The van der Waals surface area contributed by atoms with Crippen molar-refractivity contribution < 1.29 is 14.3 Å². The van der Waals surface area contributed by atoms with Crippen LogP contribution in [0.1, 0.15) is 12.5 Å². The van der Waals surface area contributed by atoms with Crippen LogP contribution >= 0.6 is 11.6 Å². The second kappa shape index (κ2) is 8.16. The molecule has 0 aliphatic heterocycles. The van der Waals surface area contributed by atoms with E-state index >= 15 is 0 Å². The van der Waals surface area contributed by atoms with Crippen LogP contribution in [0, 0.1) is 0 Å². The molecule has 1 aromatic carbocycles. The summed E-state index contributed by atoms with van der Waals surface area (Å²) in [5, 5.41) is 0.539. The Labute approximate surface area is 144 Å². The van der Waals surface area contributed by atoms with E-state index in [9.17, 15) is 4.79 Å². The van der Waals surface area contributed by atoms with Crippen LogP contribution in [0.15, 0.2) is 37.2 Å². The quantitative estimate of drug-likeness (QED) is 0.780. The number of nitrogens with one attached hydrogen (secondary N) is 2. The Kier molecular flexibility index (Phi) is 5.97. The normalized spacial score (nSPS) is 9.96. The largest absolute Gasteiger partial charge is 0.481 e. The smallest absolute Gasteiger partial charge is 0.425 e. The minimum Gasteiger partial charge on any atom is -0.481 e. The van der Waals surface area contributed by atoms with Gasteiger partial charge in [0.2, 0.25) is 5.88 Å². The summed E-state index contributed by atoms with van der Waals surface area (Å²) in [6.07, 6.45) is 0.796. The van der Waals surface area contributed by atoms with Gasteiger partial charge in [0.25, 0.3) is 0 Å². The van der Waals surface area contributed by atoms with Crippen LogP contribution in [0.25, 0.3) is 17.0 Å². The van der Waals surface area contributed by atoms with Crippen molar-refractivity contribution in [3.63, 3.8) is 0 Å². The number of carbonyl (C=O) groups is 1. The highest BCUT2D eigenvalue weighted by atomic mass is 35.5. The zero-order valence-electron chi connectivity index (χ0n) is 13.3. The molecule has 0 bridgehead atoms. The standard InChI is InChI=1S/C16H17ClN4O3/c1-4-24-16(22)21-20-10(2)12-6-5-11(17)7-13(12)14-8-15(23-3)19-9-18-14/h5-9,20H,2,4H2,1,3H3,(H,21,22). The Morgan fingerprint density at radius 3 is 2.79 bits per heavy atom. The van der Waals surface area contributed by atoms with E-state index in [1.165, 1.54) is 13.4 Å². The molecule has 2 N–H and O–H groups in total. The minimum absolute atomic E-state index is 0.271. The first kappa shape index (κ1) is 17.6. The monoisotopic (exact) mass is 348 g/mol. The lowest BCUT2D eigenvalue weighted by molar-refractivity contribution is 0.149. The van der Waals surface area contributed by atoms with Crippen LogP contribution in [0.3, 0.4) is 0 Å². The molecular formula is C16H17ClN4O3. The third kappa shape index (κ3) is 4.36. The second-order valence-corrected chi connectivity index (χ2v) is 5.02. The topological polar surface area (TPSA) is 85.4 Å². The van der Waals surface area contributed by atoms with Crippen LogP contribution in [0.5, 0.6) is 5.88 Å². The van der Waals surface area contributed by atoms with Gasteiger partial charge < -0.3 is 9.47 Å². The zero-order chi connectivity index (χ0) is 17.5. The highest BCUT2D eigenvalue weighted by Crippen LogP contribution is 2.29. The highest BCUT2D eigenvalue weighted by Gasteiger charge is 2.12. The number of benzene rings is 1. The number of hydrazine groups is 1. The maximum absolute atomic E-state index is 11.4. The summed E-state index contributed by atoms with van der Waals surface area (Å²) < 4.78 is 9.90. The fourth-order valence-electron chi connectivity index (χ4n) is 1.95. The molecule has 0 fully saturated rings. The molecule has 1 aromatic heterocycles. The van der Waals surface area contributed by atoms with Crippen LogP contribution in [0.4, 0.5) is 4.79 Å². The van der Waals surface area contributed by atoms with Gasteiger partial charge in [0.05, 0.1) is 25.1 Å². The summed E-state index contributed by atoms with van der Waals surface area (Å²) in [6, 6.07) is 6.92.